The van der Waals surface area contributed by atoms with E-state index in [-0.39, 0.29) is 0 Å². The van der Waals surface area contributed by atoms with Gasteiger partial charge in [-0.3, -0.25) is 0 Å². The van der Waals surface area contributed by atoms with Crippen molar-refractivity contribution in [3.8, 4) is 11.1 Å². The van der Waals surface area contributed by atoms with E-state index in [0.29, 0.717) is 5.92 Å². The van der Waals surface area contributed by atoms with Gasteiger partial charge in [-0.1, -0.05) is 60.7 Å². The standard InChI is InChI=1S/C24H20N2/c25-22-12-10-17(14-20(22)16-6-2-1-3-7-16)18-11-13-24-21(15-18)19-8-4-5-9-23(19)26-24/h1-14,18,26H,15,25H2. The fraction of sp³-hybridized carbons (Fsp3) is 0.0833. The fourth-order valence-electron chi connectivity index (χ4n) is 3.98. The summed E-state index contributed by atoms with van der Waals surface area (Å²) in [6.45, 7) is 0. The number of anilines is 1. The number of hydrogen-bond acceptors (Lipinski definition) is 1. The molecule has 0 amide bonds. The van der Waals surface area contributed by atoms with E-state index in [9.17, 15) is 0 Å². The second kappa shape index (κ2) is 5.92. The van der Waals surface area contributed by atoms with Crippen LogP contribution in [0.1, 0.15) is 22.7 Å². The van der Waals surface area contributed by atoms with Gasteiger partial charge >= 0.3 is 0 Å². The molecule has 1 aromatic heterocycles. The maximum absolute atomic E-state index is 6.26. The first-order valence-corrected chi connectivity index (χ1v) is 9.02. The zero-order valence-corrected chi connectivity index (χ0v) is 14.4. The number of allylic oxidation sites excluding steroid dienone is 1. The molecule has 126 valence electrons. The van der Waals surface area contributed by atoms with Crippen molar-refractivity contribution in [3.05, 3.63) is 95.7 Å². The highest BCUT2D eigenvalue weighted by Gasteiger charge is 2.20. The molecule has 0 fully saturated rings. The summed E-state index contributed by atoms with van der Waals surface area (Å²) in [4.78, 5) is 3.53. The van der Waals surface area contributed by atoms with E-state index in [0.717, 1.165) is 17.7 Å². The molecule has 26 heavy (non-hydrogen) atoms. The topological polar surface area (TPSA) is 41.8 Å². The molecule has 2 nitrogen and oxygen atoms in total. The van der Waals surface area contributed by atoms with E-state index in [4.69, 9.17) is 5.73 Å². The van der Waals surface area contributed by atoms with Gasteiger partial charge in [0.2, 0.25) is 0 Å². The molecule has 0 saturated heterocycles. The highest BCUT2D eigenvalue weighted by atomic mass is 14.7. The minimum absolute atomic E-state index is 0.366. The Labute approximate surface area is 153 Å². The van der Waals surface area contributed by atoms with Crippen LogP contribution in [0.15, 0.2) is 78.9 Å². The molecule has 3 N–H and O–H groups in total. The van der Waals surface area contributed by atoms with E-state index in [1.807, 2.05) is 12.1 Å². The number of hydrogen-bond donors (Lipinski definition) is 2. The first-order chi connectivity index (χ1) is 12.8. The van der Waals surface area contributed by atoms with Gasteiger partial charge in [0.15, 0.2) is 0 Å². The average molecular weight is 336 g/mol. The van der Waals surface area contributed by atoms with E-state index in [1.54, 1.807) is 0 Å². The van der Waals surface area contributed by atoms with Crippen LogP contribution in [0.25, 0.3) is 28.1 Å². The van der Waals surface area contributed by atoms with Crippen LogP contribution in [-0.4, -0.2) is 4.98 Å². The van der Waals surface area contributed by atoms with Crippen molar-refractivity contribution in [2.45, 2.75) is 12.3 Å². The smallest absolute Gasteiger partial charge is 0.0461 e. The van der Waals surface area contributed by atoms with Crippen LogP contribution in [0.2, 0.25) is 0 Å². The van der Waals surface area contributed by atoms with Crippen LogP contribution in [-0.2, 0) is 6.42 Å². The third-order valence-corrected chi connectivity index (χ3v) is 5.36. The molecule has 1 aliphatic rings. The summed E-state index contributed by atoms with van der Waals surface area (Å²) in [6.07, 6.45) is 5.54. The predicted octanol–water partition coefficient (Wildman–Crippen LogP) is 5.77. The highest BCUT2D eigenvalue weighted by molar-refractivity contribution is 5.88. The first kappa shape index (κ1) is 15.0. The molecule has 0 radical (unpaired) electrons. The summed E-state index contributed by atoms with van der Waals surface area (Å²) in [5.74, 6) is 0.366. The van der Waals surface area contributed by atoms with Gasteiger partial charge in [0.1, 0.15) is 0 Å². The molecule has 0 saturated carbocycles. The molecular formula is C24H20N2. The van der Waals surface area contributed by atoms with Crippen molar-refractivity contribution in [2.75, 3.05) is 5.73 Å². The number of para-hydroxylation sites is 1. The van der Waals surface area contributed by atoms with Crippen molar-refractivity contribution in [2.24, 2.45) is 0 Å². The van der Waals surface area contributed by atoms with Gasteiger partial charge in [0.05, 0.1) is 0 Å². The number of aromatic nitrogens is 1. The van der Waals surface area contributed by atoms with Crippen LogP contribution in [0.3, 0.4) is 0 Å². The Morgan fingerprint density at radius 2 is 1.69 bits per heavy atom. The third kappa shape index (κ3) is 2.42. The molecule has 1 unspecified atom stereocenters. The normalized spacial score (nSPS) is 15.9. The number of H-pyrrole nitrogens is 1. The predicted molar refractivity (Wildman–Crippen MR) is 110 cm³/mol. The Hall–Kier alpha value is -3.26. The van der Waals surface area contributed by atoms with E-state index >= 15 is 0 Å². The Morgan fingerprint density at radius 1 is 0.885 bits per heavy atom. The maximum atomic E-state index is 6.26. The summed E-state index contributed by atoms with van der Waals surface area (Å²) in [7, 11) is 0. The Kier molecular flexibility index (Phi) is 3.42. The summed E-state index contributed by atoms with van der Waals surface area (Å²) < 4.78 is 0. The van der Waals surface area contributed by atoms with E-state index in [1.165, 1.54) is 33.3 Å². The average Bonchev–Trinajstić information content (AvgIpc) is 3.07. The number of aromatic amines is 1. The van der Waals surface area contributed by atoms with Gasteiger partial charge in [-0.2, -0.15) is 0 Å². The van der Waals surface area contributed by atoms with Crippen LogP contribution in [0, 0.1) is 0 Å². The molecule has 3 aromatic carbocycles. The number of rotatable bonds is 2. The van der Waals surface area contributed by atoms with Gasteiger partial charge in [0.25, 0.3) is 0 Å². The molecule has 1 atom stereocenters. The van der Waals surface area contributed by atoms with Gasteiger partial charge in [-0.25, -0.2) is 0 Å². The highest BCUT2D eigenvalue weighted by Crippen LogP contribution is 2.36. The Morgan fingerprint density at radius 3 is 2.58 bits per heavy atom. The van der Waals surface area contributed by atoms with Crippen molar-refractivity contribution in [1.29, 1.82) is 0 Å². The lowest BCUT2D eigenvalue weighted by atomic mass is 9.85. The van der Waals surface area contributed by atoms with Gasteiger partial charge in [0, 0.05) is 33.8 Å². The van der Waals surface area contributed by atoms with Gasteiger partial charge in [-0.05, 0) is 47.4 Å². The quantitative estimate of drug-likeness (QED) is 0.448. The molecule has 4 aromatic rings. The number of nitrogens with one attached hydrogen (secondary N) is 1. The zero-order chi connectivity index (χ0) is 17.5. The number of nitrogen functional groups attached to an aromatic ring is 1. The SMILES string of the molecule is Nc1ccc(C2C=Cc3[nH]c4ccccc4c3C2)cc1-c1ccccc1. The van der Waals surface area contributed by atoms with Crippen LogP contribution in [0.4, 0.5) is 5.69 Å². The molecule has 0 bridgehead atoms. The van der Waals surface area contributed by atoms with Gasteiger partial charge in [-0.15, -0.1) is 0 Å². The number of benzene rings is 3. The second-order valence-electron chi connectivity index (χ2n) is 6.95. The molecule has 1 heterocycles. The molecule has 0 spiro atoms. The molecule has 5 rings (SSSR count). The molecule has 0 aliphatic heterocycles. The second-order valence-corrected chi connectivity index (χ2v) is 6.95. The molecular weight excluding hydrogens is 316 g/mol. The lowest BCUT2D eigenvalue weighted by Crippen LogP contribution is -2.05. The Balaban J connectivity index is 1.55. The van der Waals surface area contributed by atoms with Gasteiger partial charge < -0.3 is 10.7 Å². The maximum Gasteiger partial charge on any atom is 0.0461 e. The zero-order valence-electron chi connectivity index (χ0n) is 14.4. The summed E-state index contributed by atoms with van der Waals surface area (Å²) in [5.41, 5.74) is 14.5. The monoisotopic (exact) mass is 336 g/mol. The summed E-state index contributed by atoms with van der Waals surface area (Å²) >= 11 is 0. The summed E-state index contributed by atoms with van der Waals surface area (Å²) in [6, 6.07) is 25.4. The van der Waals surface area contributed by atoms with Crippen LogP contribution in [0.5, 0.6) is 0 Å². The largest absolute Gasteiger partial charge is 0.398 e. The van der Waals surface area contributed by atoms with E-state index in [2.05, 4.69) is 77.8 Å². The van der Waals surface area contributed by atoms with E-state index < -0.39 is 0 Å². The molecule has 2 heteroatoms. The lowest BCUT2D eigenvalue weighted by Gasteiger charge is -2.19. The van der Waals surface area contributed by atoms with Crippen molar-refractivity contribution in [3.63, 3.8) is 0 Å². The minimum Gasteiger partial charge on any atom is -0.398 e. The third-order valence-electron chi connectivity index (χ3n) is 5.36. The fourth-order valence-corrected chi connectivity index (χ4v) is 3.98. The van der Waals surface area contributed by atoms with Crippen molar-refractivity contribution in [1.82, 2.24) is 4.98 Å². The Bertz CT molecular complexity index is 1120. The molecule has 1 aliphatic carbocycles. The van der Waals surface area contributed by atoms with Crippen LogP contribution >= 0.6 is 0 Å². The first-order valence-electron chi connectivity index (χ1n) is 9.02. The van der Waals surface area contributed by atoms with Crippen LogP contribution < -0.4 is 5.73 Å². The van der Waals surface area contributed by atoms with Crippen molar-refractivity contribution < 1.29 is 0 Å². The van der Waals surface area contributed by atoms with Crippen molar-refractivity contribution >= 4 is 22.7 Å². The lowest BCUT2D eigenvalue weighted by molar-refractivity contribution is 0.831. The number of fused-ring (bicyclic) bond motifs is 3. The number of nitrogens with two attached hydrogens (primary N) is 1. The summed E-state index contributed by atoms with van der Waals surface area (Å²) in [5, 5.41) is 1.33. The minimum atomic E-state index is 0.366.